The van der Waals surface area contributed by atoms with Crippen molar-refractivity contribution in [2.45, 2.75) is 23.7 Å². The van der Waals surface area contributed by atoms with Gasteiger partial charge in [-0.2, -0.15) is 5.10 Å². The fourth-order valence-electron chi connectivity index (χ4n) is 4.30. The summed E-state index contributed by atoms with van der Waals surface area (Å²) < 4.78 is 23.9. The Balaban J connectivity index is 1.75. The van der Waals surface area contributed by atoms with Crippen LogP contribution >= 0.6 is 0 Å². The van der Waals surface area contributed by atoms with E-state index in [-0.39, 0.29) is 10.8 Å². The summed E-state index contributed by atoms with van der Waals surface area (Å²) in [6.07, 6.45) is 4.38. The van der Waals surface area contributed by atoms with Crippen LogP contribution in [0.3, 0.4) is 0 Å². The molecule has 0 saturated carbocycles. The molecule has 1 aliphatic carbocycles. The number of amides is 1. The number of hydrogen-bond acceptors (Lipinski definition) is 6. The van der Waals surface area contributed by atoms with Crippen LogP contribution in [0, 0.1) is 0 Å². The Hall–Kier alpha value is -3.82. The molecule has 1 aromatic heterocycles. The third kappa shape index (κ3) is 4.55. The summed E-state index contributed by atoms with van der Waals surface area (Å²) in [7, 11) is -3.88. The highest BCUT2D eigenvalue weighted by atomic mass is 32.2. The van der Waals surface area contributed by atoms with Gasteiger partial charge in [0.2, 0.25) is 15.9 Å². The normalized spacial score (nSPS) is 16.5. The predicted molar refractivity (Wildman–Crippen MR) is 127 cm³/mol. The molecule has 0 aliphatic heterocycles. The van der Waals surface area contributed by atoms with Crippen LogP contribution in [0.4, 0.5) is 0 Å². The van der Waals surface area contributed by atoms with Gasteiger partial charge in [-0.1, -0.05) is 42.5 Å². The number of sulfonamides is 1. The molecule has 0 fully saturated rings. The van der Waals surface area contributed by atoms with Crippen LogP contribution in [-0.2, 0) is 14.8 Å². The topological polar surface area (TPSA) is 155 Å². The van der Waals surface area contributed by atoms with Gasteiger partial charge in [-0.3, -0.25) is 9.78 Å². The van der Waals surface area contributed by atoms with E-state index in [4.69, 9.17) is 16.7 Å². The number of aromatic nitrogens is 1. The largest absolute Gasteiger partial charge is 0.366 e. The zero-order valence-electron chi connectivity index (χ0n) is 17.7. The molecule has 4 rings (SSSR count). The van der Waals surface area contributed by atoms with Gasteiger partial charge >= 0.3 is 0 Å². The monoisotopic (exact) mass is 461 g/mol. The number of pyridine rings is 1. The maximum absolute atomic E-state index is 12.2. The number of primary sulfonamides is 1. The van der Waals surface area contributed by atoms with Gasteiger partial charge in [0.05, 0.1) is 11.1 Å². The first-order valence-electron chi connectivity index (χ1n) is 10.2. The number of benzene rings is 2. The Morgan fingerprint density at radius 3 is 2.52 bits per heavy atom. The first-order chi connectivity index (χ1) is 15.8. The summed E-state index contributed by atoms with van der Waals surface area (Å²) in [6.45, 7) is 0. The summed E-state index contributed by atoms with van der Waals surface area (Å²) in [5.74, 6) is 4.69. The zero-order chi connectivity index (χ0) is 23.6. The Morgan fingerprint density at radius 2 is 1.85 bits per heavy atom. The Morgan fingerprint density at radius 1 is 1.06 bits per heavy atom. The van der Waals surface area contributed by atoms with Crippen molar-refractivity contribution in [2.75, 3.05) is 0 Å². The average molecular weight is 462 g/mol. The van der Waals surface area contributed by atoms with Crippen LogP contribution in [0.15, 0.2) is 82.4 Å². The van der Waals surface area contributed by atoms with E-state index in [2.05, 4.69) is 10.1 Å². The summed E-state index contributed by atoms with van der Waals surface area (Å²) in [4.78, 5) is 16.8. The molecule has 0 bridgehead atoms. The molecule has 0 saturated heterocycles. The van der Waals surface area contributed by atoms with Gasteiger partial charge in [0.25, 0.3) is 0 Å². The van der Waals surface area contributed by atoms with Crippen LogP contribution in [-0.4, -0.2) is 25.5 Å². The van der Waals surface area contributed by atoms with E-state index < -0.39 is 15.9 Å². The van der Waals surface area contributed by atoms with Gasteiger partial charge in [0.15, 0.2) is 0 Å². The molecule has 8 nitrogen and oxygen atoms in total. The predicted octanol–water partition coefficient (Wildman–Crippen LogP) is 2.51. The van der Waals surface area contributed by atoms with Crippen LogP contribution in [0.5, 0.6) is 0 Å². The van der Waals surface area contributed by atoms with Crippen molar-refractivity contribution in [3.63, 3.8) is 0 Å². The van der Waals surface area contributed by atoms with Gasteiger partial charge in [0.1, 0.15) is 0 Å². The molecular weight excluding hydrogens is 438 g/mol. The van der Waals surface area contributed by atoms with Crippen LogP contribution < -0.4 is 16.7 Å². The highest BCUT2D eigenvalue weighted by Gasteiger charge is 2.31. The van der Waals surface area contributed by atoms with E-state index in [1.54, 1.807) is 24.4 Å². The fraction of sp³-hybridized carbons (Fsp3) is 0.125. The van der Waals surface area contributed by atoms with E-state index in [1.165, 1.54) is 12.3 Å². The quantitative estimate of drug-likeness (QED) is 0.292. The van der Waals surface area contributed by atoms with Crippen molar-refractivity contribution in [1.82, 2.24) is 4.98 Å². The lowest BCUT2D eigenvalue weighted by atomic mass is 9.89. The van der Waals surface area contributed by atoms with Crippen molar-refractivity contribution in [3.8, 4) is 11.1 Å². The van der Waals surface area contributed by atoms with Gasteiger partial charge in [-0.05, 0) is 47.7 Å². The molecule has 3 aromatic rings. The maximum Gasteiger partial charge on any atom is 0.244 e. The van der Waals surface area contributed by atoms with Crippen LogP contribution in [0.2, 0.25) is 0 Å². The number of nitrogens with two attached hydrogens (primary N) is 3. The molecule has 33 heavy (non-hydrogen) atoms. The lowest BCUT2D eigenvalue weighted by Crippen LogP contribution is -2.14. The molecule has 2 aromatic carbocycles. The zero-order valence-corrected chi connectivity index (χ0v) is 18.5. The van der Waals surface area contributed by atoms with Gasteiger partial charge in [0, 0.05) is 34.5 Å². The summed E-state index contributed by atoms with van der Waals surface area (Å²) >= 11 is 0. The first-order valence-corrected chi connectivity index (χ1v) is 11.8. The maximum atomic E-state index is 12.2. The number of hydrogen-bond donors (Lipinski definition) is 3. The minimum absolute atomic E-state index is 0.0374. The van der Waals surface area contributed by atoms with Crippen molar-refractivity contribution >= 4 is 27.7 Å². The Bertz CT molecular complexity index is 1380. The number of carbonyl (C=O) groups is 1. The number of hydrazone groups is 1. The van der Waals surface area contributed by atoms with Crippen molar-refractivity contribution in [2.24, 2.45) is 21.8 Å². The third-order valence-corrected chi connectivity index (χ3v) is 6.69. The standard InChI is InChI=1S/C24H23N5O3S/c25-24(30)20-10-9-19(23(20)16-5-3-4-15(12-16)13-29-26)21-11-8-17(14-28-21)18-6-1-2-7-22(18)33(27,31)32/h1-8,11-14,19H,9-10,26H2,(H2,25,30)(H2,27,31,32). The van der Waals surface area contributed by atoms with Crippen molar-refractivity contribution in [1.29, 1.82) is 0 Å². The summed E-state index contributed by atoms with van der Waals surface area (Å²) in [5.41, 5.74) is 10.6. The van der Waals surface area contributed by atoms with E-state index in [1.807, 2.05) is 36.4 Å². The molecule has 0 spiro atoms. The SMILES string of the molecule is NN=Cc1cccc(C2=C(C(N)=O)CCC2c2ccc(-c3ccccc3S(N)(=O)=O)cn2)c1. The second kappa shape index (κ2) is 8.97. The Kier molecular flexibility index (Phi) is 6.08. The van der Waals surface area contributed by atoms with Crippen LogP contribution in [0.1, 0.15) is 35.6 Å². The molecular formula is C24H23N5O3S. The van der Waals surface area contributed by atoms with E-state index >= 15 is 0 Å². The smallest absolute Gasteiger partial charge is 0.244 e. The van der Waals surface area contributed by atoms with E-state index in [9.17, 15) is 13.2 Å². The highest BCUT2D eigenvalue weighted by Crippen LogP contribution is 2.45. The number of allylic oxidation sites excluding steroid dienone is 1. The van der Waals surface area contributed by atoms with Crippen molar-refractivity contribution < 1.29 is 13.2 Å². The molecule has 1 aliphatic rings. The molecule has 168 valence electrons. The molecule has 6 N–H and O–H groups in total. The second-order valence-electron chi connectivity index (χ2n) is 7.76. The van der Waals surface area contributed by atoms with Gasteiger partial charge < -0.3 is 11.6 Å². The number of nitrogens with zero attached hydrogens (tertiary/aromatic N) is 2. The summed E-state index contributed by atoms with van der Waals surface area (Å²) in [5, 5.41) is 8.94. The third-order valence-electron chi connectivity index (χ3n) is 5.72. The number of carbonyl (C=O) groups excluding carboxylic acids is 1. The van der Waals surface area contributed by atoms with Crippen LogP contribution in [0.25, 0.3) is 16.7 Å². The molecule has 1 amide bonds. The molecule has 1 heterocycles. The number of primary amides is 1. The minimum Gasteiger partial charge on any atom is -0.366 e. The lowest BCUT2D eigenvalue weighted by molar-refractivity contribution is -0.114. The van der Waals surface area contributed by atoms with E-state index in [0.29, 0.717) is 29.5 Å². The average Bonchev–Trinajstić information content (AvgIpc) is 3.25. The molecule has 0 radical (unpaired) electrons. The highest BCUT2D eigenvalue weighted by molar-refractivity contribution is 7.89. The van der Waals surface area contributed by atoms with Gasteiger partial charge in [-0.15, -0.1) is 0 Å². The molecule has 9 heteroatoms. The van der Waals surface area contributed by atoms with Crippen molar-refractivity contribution in [3.05, 3.63) is 89.3 Å². The van der Waals surface area contributed by atoms with E-state index in [0.717, 1.165) is 22.4 Å². The minimum atomic E-state index is -3.88. The lowest BCUT2D eigenvalue weighted by Gasteiger charge is -2.17. The van der Waals surface area contributed by atoms with Gasteiger partial charge in [-0.25, -0.2) is 13.6 Å². The molecule has 1 atom stereocenters. The fourth-order valence-corrected chi connectivity index (χ4v) is 5.06. The first kappa shape index (κ1) is 22.4. The summed E-state index contributed by atoms with van der Waals surface area (Å²) in [6, 6.07) is 17.7. The number of rotatable bonds is 6. The molecule has 1 unspecified atom stereocenters. The Labute approximate surface area is 191 Å². The second-order valence-corrected chi connectivity index (χ2v) is 9.29.